The molecule has 4 rings (SSSR count). The molecular formula is C26H28N4O4. The molecule has 3 amide bonds. The fourth-order valence-electron chi connectivity index (χ4n) is 4.63. The molecule has 0 radical (unpaired) electrons. The summed E-state index contributed by atoms with van der Waals surface area (Å²) in [5.41, 5.74) is 2.81. The molecule has 0 bridgehead atoms. The number of amides is 3. The third kappa shape index (κ3) is 4.41. The zero-order valence-corrected chi connectivity index (χ0v) is 19.7. The lowest BCUT2D eigenvalue weighted by atomic mass is 9.74. The van der Waals surface area contributed by atoms with Gasteiger partial charge in [0, 0.05) is 45.9 Å². The number of rotatable bonds is 8. The van der Waals surface area contributed by atoms with Gasteiger partial charge >= 0.3 is 0 Å². The van der Waals surface area contributed by atoms with Crippen molar-refractivity contribution in [1.29, 1.82) is 0 Å². The van der Waals surface area contributed by atoms with Gasteiger partial charge in [-0.25, -0.2) is 0 Å². The Morgan fingerprint density at radius 1 is 1.12 bits per heavy atom. The number of ether oxygens (including phenoxy) is 1. The Morgan fingerprint density at radius 3 is 2.59 bits per heavy atom. The number of nitrogens with zero attached hydrogens (tertiary/aromatic N) is 4. The minimum Gasteiger partial charge on any atom is -0.383 e. The van der Waals surface area contributed by atoms with Gasteiger partial charge in [-0.3, -0.25) is 29.3 Å². The number of aromatic nitrogens is 2. The largest absolute Gasteiger partial charge is 0.383 e. The van der Waals surface area contributed by atoms with Gasteiger partial charge in [0.2, 0.25) is 17.7 Å². The molecule has 8 heteroatoms. The molecule has 0 saturated carbocycles. The number of carbonyl (C=O) groups is 3. The molecule has 0 aliphatic carbocycles. The number of imide groups is 1. The molecule has 2 heterocycles. The van der Waals surface area contributed by atoms with E-state index in [4.69, 9.17) is 4.74 Å². The second-order valence-corrected chi connectivity index (χ2v) is 8.72. The molecule has 176 valence electrons. The Kier molecular flexibility index (Phi) is 6.70. The van der Waals surface area contributed by atoms with Gasteiger partial charge < -0.3 is 9.64 Å². The Morgan fingerprint density at radius 2 is 1.85 bits per heavy atom. The molecule has 0 unspecified atom stereocenters. The first kappa shape index (κ1) is 23.5. The minimum atomic E-state index is -1.23. The monoisotopic (exact) mass is 460 g/mol. The second-order valence-electron chi connectivity index (χ2n) is 8.72. The zero-order chi connectivity index (χ0) is 24.3. The molecule has 1 fully saturated rings. The predicted molar refractivity (Wildman–Crippen MR) is 127 cm³/mol. The maximum atomic E-state index is 13.6. The summed E-state index contributed by atoms with van der Waals surface area (Å²) in [4.78, 5) is 51.3. The minimum absolute atomic E-state index is 0.0362. The van der Waals surface area contributed by atoms with Gasteiger partial charge in [-0.15, -0.1) is 0 Å². The Bertz CT molecular complexity index is 1240. The summed E-state index contributed by atoms with van der Waals surface area (Å²) in [6.07, 6.45) is 3.14. The topological polar surface area (TPSA) is 92.7 Å². The molecule has 8 nitrogen and oxygen atoms in total. The average Bonchev–Trinajstić information content (AvgIpc) is 3.07. The van der Waals surface area contributed by atoms with Gasteiger partial charge in [0.25, 0.3) is 0 Å². The third-order valence-electron chi connectivity index (χ3n) is 6.42. The molecule has 0 N–H and O–H groups in total. The van der Waals surface area contributed by atoms with Crippen LogP contribution in [0.4, 0.5) is 0 Å². The molecule has 1 saturated heterocycles. The van der Waals surface area contributed by atoms with Gasteiger partial charge in [-0.05, 0) is 35.7 Å². The first-order valence-corrected chi connectivity index (χ1v) is 11.2. The van der Waals surface area contributed by atoms with E-state index in [0.29, 0.717) is 6.54 Å². The smallest absolute Gasteiger partial charge is 0.240 e. The highest BCUT2D eigenvalue weighted by atomic mass is 16.5. The van der Waals surface area contributed by atoms with Crippen LogP contribution in [0.5, 0.6) is 0 Å². The van der Waals surface area contributed by atoms with Crippen molar-refractivity contribution in [2.24, 2.45) is 0 Å². The molecular weight excluding hydrogens is 432 g/mol. The number of carbonyl (C=O) groups excluding carboxylic acids is 3. The van der Waals surface area contributed by atoms with Gasteiger partial charge in [0.05, 0.1) is 29.6 Å². The number of hydrogen-bond acceptors (Lipinski definition) is 6. The van der Waals surface area contributed by atoms with E-state index in [9.17, 15) is 14.4 Å². The lowest BCUT2D eigenvalue weighted by Gasteiger charge is -2.30. The summed E-state index contributed by atoms with van der Waals surface area (Å²) in [7, 11) is 3.23. The fraction of sp³-hybridized carbons (Fsp3) is 0.346. The van der Waals surface area contributed by atoms with Crippen LogP contribution in [0.3, 0.4) is 0 Å². The van der Waals surface area contributed by atoms with Crippen LogP contribution in [0.1, 0.15) is 29.5 Å². The molecule has 1 aromatic heterocycles. The number of aryl methyl sites for hydroxylation is 1. The van der Waals surface area contributed by atoms with Crippen LogP contribution >= 0.6 is 0 Å². The Balaban J connectivity index is 1.61. The van der Waals surface area contributed by atoms with Crippen LogP contribution in [0.25, 0.3) is 11.0 Å². The summed E-state index contributed by atoms with van der Waals surface area (Å²) in [5, 5.41) is 0. The van der Waals surface area contributed by atoms with E-state index in [0.717, 1.165) is 27.7 Å². The van der Waals surface area contributed by atoms with Crippen LogP contribution in [0, 0.1) is 6.92 Å². The molecule has 2 aromatic carbocycles. The van der Waals surface area contributed by atoms with E-state index in [1.807, 2.05) is 49.4 Å². The molecule has 1 atom stereocenters. The van der Waals surface area contributed by atoms with Crippen molar-refractivity contribution < 1.29 is 19.1 Å². The van der Waals surface area contributed by atoms with Crippen molar-refractivity contribution in [2.45, 2.75) is 31.7 Å². The van der Waals surface area contributed by atoms with E-state index in [1.165, 1.54) is 12.0 Å². The van der Waals surface area contributed by atoms with E-state index < -0.39 is 5.41 Å². The SMILES string of the molecule is COCCN1C(=O)C[C@@](CC(=O)N(C)Cc2ccc3nccnc3c2)(c2ccccc2C)C1=O. The molecule has 1 aliphatic heterocycles. The number of hydrogen-bond donors (Lipinski definition) is 0. The summed E-state index contributed by atoms with van der Waals surface area (Å²) in [6.45, 7) is 2.67. The Hall–Kier alpha value is -3.65. The standard InChI is InChI=1S/C26H28N4O4/c1-18-6-4-5-7-20(18)26(16-24(32)30(25(26)33)12-13-34-3)15-23(31)29(2)17-19-8-9-21-22(14-19)28-11-10-27-21/h4-11,14H,12-13,15-17H2,1-3H3/t26-/m0/s1. The third-order valence-corrected chi connectivity index (χ3v) is 6.42. The average molecular weight is 461 g/mol. The van der Waals surface area contributed by atoms with Gasteiger partial charge in [-0.2, -0.15) is 0 Å². The number of likely N-dealkylation sites (tertiary alicyclic amines) is 1. The predicted octanol–water partition coefficient (Wildman–Crippen LogP) is 2.63. The molecule has 34 heavy (non-hydrogen) atoms. The van der Waals surface area contributed by atoms with Crippen LogP contribution in [-0.2, 0) is 31.1 Å². The molecule has 3 aromatic rings. The maximum absolute atomic E-state index is 13.6. The van der Waals surface area contributed by atoms with Crippen LogP contribution < -0.4 is 0 Å². The molecule has 1 aliphatic rings. The van der Waals surface area contributed by atoms with E-state index in [2.05, 4.69) is 9.97 Å². The van der Waals surface area contributed by atoms with Crippen molar-refractivity contribution in [3.05, 3.63) is 71.5 Å². The van der Waals surface area contributed by atoms with Gasteiger partial charge in [0.15, 0.2) is 0 Å². The van der Waals surface area contributed by atoms with Gasteiger partial charge in [-0.1, -0.05) is 30.3 Å². The van der Waals surface area contributed by atoms with Crippen molar-refractivity contribution in [3.8, 4) is 0 Å². The zero-order valence-electron chi connectivity index (χ0n) is 19.7. The first-order valence-electron chi connectivity index (χ1n) is 11.2. The lowest BCUT2D eigenvalue weighted by Crippen LogP contribution is -2.43. The second kappa shape index (κ2) is 9.69. The van der Waals surface area contributed by atoms with Gasteiger partial charge in [0.1, 0.15) is 0 Å². The summed E-state index contributed by atoms with van der Waals surface area (Å²) in [5.74, 6) is -0.835. The van der Waals surface area contributed by atoms with Crippen LogP contribution in [-0.4, -0.2) is 64.8 Å². The number of benzene rings is 2. The van der Waals surface area contributed by atoms with Crippen molar-refractivity contribution >= 4 is 28.8 Å². The number of fused-ring (bicyclic) bond motifs is 1. The fourth-order valence-corrected chi connectivity index (χ4v) is 4.63. The van der Waals surface area contributed by atoms with Crippen molar-refractivity contribution in [2.75, 3.05) is 27.3 Å². The lowest BCUT2D eigenvalue weighted by molar-refractivity contribution is -0.143. The normalized spacial score (nSPS) is 18.0. The molecule has 0 spiro atoms. The highest BCUT2D eigenvalue weighted by molar-refractivity contribution is 6.11. The van der Waals surface area contributed by atoms with Crippen LogP contribution in [0.2, 0.25) is 0 Å². The quantitative estimate of drug-likeness (QED) is 0.480. The first-order chi connectivity index (χ1) is 16.4. The summed E-state index contributed by atoms with van der Waals surface area (Å²) < 4.78 is 5.08. The number of methoxy groups -OCH3 is 1. The van der Waals surface area contributed by atoms with Crippen molar-refractivity contribution in [3.63, 3.8) is 0 Å². The van der Waals surface area contributed by atoms with E-state index >= 15 is 0 Å². The highest BCUT2D eigenvalue weighted by Crippen LogP contribution is 2.41. The van der Waals surface area contributed by atoms with Crippen molar-refractivity contribution in [1.82, 2.24) is 19.8 Å². The van der Waals surface area contributed by atoms with E-state index in [-0.39, 0.29) is 43.7 Å². The Labute approximate surface area is 198 Å². The van der Waals surface area contributed by atoms with E-state index in [1.54, 1.807) is 24.3 Å². The summed E-state index contributed by atoms with van der Waals surface area (Å²) in [6, 6.07) is 13.1. The maximum Gasteiger partial charge on any atom is 0.240 e. The van der Waals surface area contributed by atoms with Crippen LogP contribution in [0.15, 0.2) is 54.9 Å². The summed E-state index contributed by atoms with van der Waals surface area (Å²) >= 11 is 0. The highest BCUT2D eigenvalue weighted by Gasteiger charge is 2.54.